The van der Waals surface area contributed by atoms with E-state index in [2.05, 4.69) is 29.0 Å². The van der Waals surface area contributed by atoms with E-state index >= 15 is 0 Å². The fourth-order valence-corrected chi connectivity index (χ4v) is 2.05. The van der Waals surface area contributed by atoms with Crippen LogP contribution in [0.15, 0.2) is 0 Å². The highest BCUT2D eigenvalue weighted by molar-refractivity contribution is 5.03. The van der Waals surface area contributed by atoms with Gasteiger partial charge in [0.1, 0.15) is 0 Å². The summed E-state index contributed by atoms with van der Waals surface area (Å²) in [6.07, 6.45) is 5.14. The van der Waals surface area contributed by atoms with Crippen LogP contribution < -0.4 is 5.32 Å². The van der Waals surface area contributed by atoms with Crippen molar-refractivity contribution in [1.29, 1.82) is 0 Å². The number of nitrogens with one attached hydrogen (secondary N) is 1. The number of nitrogens with zero attached hydrogens (tertiary/aromatic N) is 1. The zero-order valence-corrected chi connectivity index (χ0v) is 9.47. The molecule has 2 heteroatoms. The van der Waals surface area contributed by atoms with Crippen LogP contribution in [0.4, 0.5) is 0 Å². The topological polar surface area (TPSA) is 15.3 Å². The molecule has 0 bridgehead atoms. The predicted octanol–water partition coefficient (Wildman–Crippen LogP) is 1.47. The zero-order valence-electron chi connectivity index (χ0n) is 9.47. The van der Waals surface area contributed by atoms with Gasteiger partial charge < -0.3 is 5.32 Å². The molecule has 1 aliphatic rings. The molecule has 0 aliphatic carbocycles. The second-order valence-corrected chi connectivity index (χ2v) is 3.87. The molecule has 1 unspecified atom stereocenters. The van der Waals surface area contributed by atoms with Gasteiger partial charge in [-0.1, -0.05) is 19.3 Å². The molecule has 1 fully saturated rings. The molecule has 0 saturated carbocycles. The van der Waals surface area contributed by atoms with Gasteiger partial charge in [0.25, 0.3) is 0 Å². The molecule has 0 aromatic rings. The molecule has 1 saturated heterocycles. The van der Waals surface area contributed by atoms with Crippen LogP contribution in [-0.4, -0.2) is 37.6 Å². The lowest BCUT2D eigenvalue weighted by Gasteiger charge is -2.33. The average Bonchev–Trinajstić information content (AvgIpc) is 2.25. The minimum absolute atomic E-state index is 0.720. The van der Waals surface area contributed by atoms with Crippen molar-refractivity contribution in [2.45, 2.75) is 38.6 Å². The van der Waals surface area contributed by atoms with Gasteiger partial charge in [-0.25, -0.2) is 0 Å². The fourth-order valence-electron chi connectivity index (χ4n) is 2.05. The Balaban J connectivity index is 2.30. The van der Waals surface area contributed by atoms with Gasteiger partial charge in [-0.05, 0) is 33.0 Å². The average molecular weight is 194 g/mol. The summed E-state index contributed by atoms with van der Waals surface area (Å²) >= 11 is 0. The summed E-state index contributed by atoms with van der Waals surface area (Å²) < 4.78 is 0. The molecule has 1 aliphatic heterocycles. The summed E-state index contributed by atoms with van der Waals surface area (Å²) in [5.41, 5.74) is 0. The van der Waals surface area contributed by atoms with E-state index in [4.69, 9.17) is 0 Å². The van der Waals surface area contributed by atoms with Crippen LogP contribution in [0.3, 0.4) is 0 Å². The van der Waals surface area contributed by atoms with E-state index in [9.17, 15) is 0 Å². The molecule has 0 radical (unpaired) electrons. The standard InChI is InChI=1S/C12H22N2/c1-3-14-11-7-5-9-12(14)8-4-6-10-13-2/h12-13H,3,5,7-11H2,1-2H3. The molecule has 1 rings (SSSR count). The monoisotopic (exact) mass is 194 g/mol. The molecular formula is C12H22N2. The van der Waals surface area contributed by atoms with Crippen LogP contribution in [0.2, 0.25) is 0 Å². The van der Waals surface area contributed by atoms with E-state index in [1.54, 1.807) is 0 Å². The Labute approximate surface area is 88.1 Å². The van der Waals surface area contributed by atoms with Crippen molar-refractivity contribution in [1.82, 2.24) is 10.2 Å². The van der Waals surface area contributed by atoms with E-state index in [1.165, 1.54) is 32.4 Å². The van der Waals surface area contributed by atoms with Crippen molar-refractivity contribution in [2.24, 2.45) is 0 Å². The molecule has 0 spiro atoms. The van der Waals surface area contributed by atoms with Crippen LogP contribution in [0.5, 0.6) is 0 Å². The van der Waals surface area contributed by atoms with E-state index in [0.29, 0.717) is 0 Å². The minimum atomic E-state index is 0.720. The highest BCUT2D eigenvalue weighted by Crippen LogP contribution is 2.18. The van der Waals surface area contributed by atoms with Gasteiger partial charge in [-0.2, -0.15) is 0 Å². The van der Waals surface area contributed by atoms with E-state index < -0.39 is 0 Å². The molecule has 1 atom stereocenters. The van der Waals surface area contributed by atoms with Gasteiger partial charge in [0.2, 0.25) is 0 Å². The smallest absolute Gasteiger partial charge is 0.0574 e. The summed E-state index contributed by atoms with van der Waals surface area (Å²) in [5.74, 6) is 6.41. The van der Waals surface area contributed by atoms with Crippen molar-refractivity contribution in [3.63, 3.8) is 0 Å². The Morgan fingerprint density at radius 3 is 2.93 bits per heavy atom. The first kappa shape index (κ1) is 11.6. The van der Waals surface area contributed by atoms with Crippen molar-refractivity contribution in [3.8, 4) is 11.8 Å². The second kappa shape index (κ2) is 6.86. The van der Waals surface area contributed by atoms with Crippen LogP contribution in [0, 0.1) is 11.8 Å². The maximum Gasteiger partial charge on any atom is 0.0574 e. The van der Waals surface area contributed by atoms with Gasteiger partial charge in [-0.15, -0.1) is 5.92 Å². The molecule has 0 aromatic heterocycles. The Morgan fingerprint density at radius 2 is 2.21 bits per heavy atom. The van der Waals surface area contributed by atoms with Gasteiger partial charge in [0, 0.05) is 12.5 Å². The Bertz CT molecular complexity index is 202. The molecule has 0 aromatic carbocycles. The van der Waals surface area contributed by atoms with Crippen molar-refractivity contribution >= 4 is 0 Å². The summed E-state index contributed by atoms with van der Waals surface area (Å²) in [7, 11) is 1.94. The maximum atomic E-state index is 3.27. The lowest BCUT2D eigenvalue weighted by molar-refractivity contribution is 0.159. The number of piperidine rings is 1. The second-order valence-electron chi connectivity index (χ2n) is 3.87. The van der Waals surface area contributed by atoms with Crippen molar-refractivity contribution in [3.05, 3.63) is 0 Å². The highest BCUT2D eigenvalue weighted by Gasteiger charge is 2.19. The minimum Gasteiger partial charge on any atom is -0.309 e. The lowest BCUT2D eigenvalue weighted by atomic mass is 10.00. The van der Waals surface area contributed by atoms with E-state index in [0.717, 1.165) is 19.0 Å². The molecule has 1 heterocycles. The lowest BCUT2D eigenvalue weighted by Crippen LogP contribution is -2.38. The van der Waals surface area contributed by atoms with Crippen LogP contribution in [0.25, 0.3) is 0 Å². The first-order valence-electron chi connectivity index (χ1n) is 5.72. The summed E-state index contributed by atoms with van der Waals surface area (Å²) in [6.45, 7) is 5.52. The Kier molecular flexibility index (Phi) is 5.66. The molecule has 2 nitrogen and oxygen atoms in total. The number of likely N-dealkylation sites (tertiary alicyclic amines) is 1. The normalized spacial score (nSPS) is 22.9. The van der Waals surface area contributed by atoms with Gasteiger partial charge in [0.05, 0.1) is 6.54 Å². The third kappa shape index (κ3) is 3.69. The summed E-state index contributed by atoms with van der Waals surface area (Å²) in [6, 6.07) is 0.720. The highest BCUT2D eigenvalue weighted by atomic mass is 15.2. The molecule has 80 valence electrons. The van der Waals surface area contributed by atoms with E-state index in [1.807, 2.05) is 7.05 Å². The maximum absolute atomic E-state index is 3.27. The van der Waals surface area contributed by atoms with Crippen molar-refractivity contribution in [2.75, 3.05) is 26.7 Å². The third-order valence-electron chi connectivity index (χ3n) is 2.88. The first-order valence-corrected chi connectivity index (χ1v) is 5.72. The Hall–Kier alpha value is -0.520. The predicted molar refractivity (Wildman–Crippen MR) is 61.2 cm³/mol. The molecule has 14 heavy (non-hydrogen) atoms. The summed E-state index contributed by atoms with van der Waals surface area (Å²) in [5, 5.41) is 3.04. The number of rotatable bonds is 3. The molecular weight excluding hydrogens is 172 g/mol. The third-order valence-corrected chi connectivity index (χ3v) is 2.88. The fraction of sp³-hybridized carbons (Fsp3) is 0.833. The number of hydrogen-bond donors (Lipinski definition) is 1. The zero-order chi connectivity index (χ0) is 10.2. The Morgan fingerprint density at radius 1 is 1.36 bits per heavy atom. The van der Waals surface area contributed by atoms with Crippen molar-refractivity contribution < 1.29 is 0 Å². The van der Waals surface area contributed by atoms with Crippen LogP contribution in [-0.2, 0) is 0 Å². The van der Waals surface area contributed by atoms with Gasteiger partial charge in [-0.3, -0.25) is 4.90 Å². The van der Waals surface area contributed by atoms with Gasteiger partial charge >= 0.3 is 0 Å². The number of hydrogen-bond acceptors (Lipinski definition) is 2. The first-order chi connectivity index (χ1) is 6.88. The largest absolute Gasteiger partial charge is 0.309 e. The van der Waals surface area contributed by atoms with E-state index in [-0.39, 0.29) is 0 Å². The summed E-state index contributed by atoms with van der Waals surface area (Å²) in [4.78, 5) is 2.57. The SMILES string of the molecule is CCN1CCCCC1CC#CCNC. The van der Waals surface area contributed by atoms with Crippen LogP contribution in [0.1, 0.15) is 32.6 Å². The van der Waals surface area contributed by atoms with Gasteiger partial charge in [0.15, 0.2) is 0 Å². The molecule has 1 N–H and O–H groups in total. The molecule has 0 amide bonds. The quantitative estimate of drug-likeness (QED) is 0.685. The van der Waals surface area contributed by atoms with Crippen LogP contribution >= 0.6 is 0 Å².